The lowest BCUT2D eigenvalue weighted by molar-refractivity contribution is -0.139. The van der Waals surface area contributed by atoms with Crippen LogP contribution < -0.4 is 4.74 Å². The molecule has 0 unspecified atom stereocenters. The number of aromatic nitrogens is 2. The van der Waals surface area contributed by atoms with E-state index in [1.165, 1.54) is 16.8 Å². The monoisotopic (exact) mass is 388 g/mol. The Hall–Kier alpha value is -2.22. The van der Waals surface area contributed by atoms with Crippen LogP contribution in [-0.4, -0.2) is 64.4 Å². The van der Waals surface area contributed by atoms with Gasteiger partial charge in [-0.2, -0.15) is 0 Å². The molecule has 0 aromatic carbocycles. The summed E-state index contributed by atoms with van der Waals surface area (Å²) in [7, 11) is 0. The van der Waals surface area contributed by atoms with Crippen LogP contribution in [-0.2, 0) is 22.4 Å². The van der Waals surface area contributed by atoms with Gasteiger partial charge in [0.1, 0.15) is 11.2 Å². The Morgan fingerprint density at radius 2 is 1.96 bits per heavy atom. The third kappa shape index (κ3) is 3.63. The highest BCUT2D eigenvalue weighted by atomic mass is 32.1. The standard InChI is InChI=1S/C19H24N4O3S/c1-12-3-4-14-15(9-12)27-19-17(14)18(20-11-21-19)26-10-16(25)23-7-5-22(6-8-23)13(2)24/h11-12H,3-10H2,1-2H3/t12-/m0/s1. The number of fused-ring (bicyclic) bond motifs is 3. The van der Waals surface area contributed by atoms with Crippen molar-refractivity contribution in [2.75, 3.05) is 32.8 Å². The van der Waals surface area contributed by atoms with E-state index in [1.54, 1.807) is 28.1 Å². The Kier molecular flexibility index (Phi) is 4.99. The summed E-state index contributed by atoms with van der Waals surface area (Å²) >= 11 is 1.72. The SMILES string of the molecule is CC(=O)N1CCN(C(=O)COc2ncnc3sc4c(c23)CC[C@H](C)C4)CC1. The number of piperazine rings is 1. The minimum Gasteiger partial charge on any atom is -0.467 e. The highest BCUT2D eigenvalue weighted by Gasteiger charge is 2.25. The molecule has 4 rings (SSSR count). The van der Waals surface area contributed by atoms with Crippen molar-refractivity contribution < 1.29 is 14.3 Å². The topological polar surface area (TPSA) is 75.6 Å². The van der Waals surface area contributed by atoms with Gasteiger partial charge in [0.05, 0.1) is 5.39 Å². The number of ether oxygens (including phenoxy) is 1. The van der Waals surface area contributed by atoms with Crippen LogP contribution in [0.1, 0.15) is 30.7 Å². The number of hydrogen-bond acceptors (Lipinski definition) is 6. The smallest absolute Gasteiger partial charge is 0.260 e. The van der Waals surface area contributed by atoms with Crippen LogP contribution in [0.2, 0.25) is 0 Å². The quantitative estimate of drug-likeness (QED) is 0.803. The van der Waals surface area contributed by atoms with Gasteiger partial charge in [-0.3, -0.25) is 9.59 Å². The van der Waals surface area contributed by atoms with E-state index in [0.717, 1.165) is 29.5 Å². The van der Waals surface area contributed by atoms with E-state index in [2.05, 4.69) is 16.9 Å². The van der Waals surface area contributed by atoms with E-state index in [4.69, 9.17) is 4.74 Å². The summed E-state index contributed by atoms with van der Waals surface area (Å²) in [6.07, 6.45) is 4.77. The van der Waals surface area contributed by atoms with Gasteiger partial charge in [0, 0.05) is 38.0 Å². The van der Waals surface area contributed by atoms with Crippen molar-refractivity contribution >= 4 is 33.4 Å². The lowest BCUT2D eigenvalue weighted by Crippen LogP contribution is -2.51. The Bertz CT molecular complexity index is 873. The number of aryl methyl sites for hydroxylation is 1. The molecule has 2 aromatic heterocycles. The number of thiophene rings is 1. The molecule has 1 atom stereocenters. The van der Waals surface area contributed by atoms with E-state index < -0.39 is 0 Å². The van der Waals surface area contributed by atoms with Crippen molar-refractivity contribution in [3.8, 4) is 5.88 Å². The molecule has 1 aliphatic heterocycles. The molecule has 0 N–H and O–H groups in total. The highest BCUT2D eigenvalue weighted by Crippen LogP contribution is 2.40. The molecule has 0 saturated carbocycles. The Morgan fingerprint density at radius 3 is 2.70 bits per heavy atom. The van der Waals surface area contributed by atoms with Crippen LogP contribution in [0.15, 0.2) is 6.33 Å². The molecule has 2 aliphatic rings. The normalized spacial score (nSPS) is 19.9. The average molecular weight is 388 g/mol. The first-order valence-corrected chi connectivity index (χ1v) is 10.3. The second kappa shape index (κ2) is 7.42. The van der Waals surface area contributed by atoms with E-state index >= 15 is 0 Å². The first-order valence-electron chi connectivity index (χ1n) is 9.44. The van der Waals surface area contributed by atoms with E-state index in [0.29, 0.717) is 38.0 Å². The third-order valence-corrected chi connectivity index (χ3v) is 6.63. The lowest BCUT2D eigenvalue weighted by Gasteiger charge is -2.34. The van der Waals surface area contributed by atoms with Crippen molar-refractivity contribution in [1.29, 1.82) is 0 Å². The number of rotatable bonds is 3. The lowest BCUT2D eigenvalue weighted by atomic mass is 9.89. The van der Waals surface area contributed by atoms with Gasteiger partial charge in [-0.05, 0) is 30.7 Å². The van der Waals surface area contributed by atoms with Crippen molar-refractivity contribution in [2.24, 2.45) is 5.92 Å². The number of carbonyl (C=O) groups is 2. The van der Waals surface area contributed by atoms with E-state index in [9.17, 15) is 9.59 Å². The molecule has 2 amide bonds. The molecule has 0 bridgehead atoms. The maximum absolute atomic E-state index is 12.5. The molecule has 7 nitrogen and oxygen atoms in total. The van der Waals surface area contributed by atoms with Crippen LogP contribution in [0.25, 0.3) is 10.2 Å². The fourth-order valence-electron chi connectivity index (χ4n) is 3.85. The van der Waals surface area contributed by atoms with Crippen molar-refractivity contribution in [1.82, 2.24) is 19.8 Å². The molecule has 1 aliphatic carbocycles. The predicted molar refractivity (Wildman–Crippen MR) is 103 cm³/mol. The predicted octanol–water partition coefficient (Wildman–Crippen LogP) is 1.89. The molecule has 0 spiro atoms. The molecule has 1 saturated heterocycles. The number of amides is 2. The van der Waals surface area contributed by atoms with Gasteiger partial charge in [0.25, 0.3) is 5.91 Å². The molecular weight excluding hydrogens is 364 g/mol. The first-order chi connectivity index (χ1) is 13.0. The van der Waals surface area contributed by atoms with Gasteiger partial charge in [0.2, 0.25) is 11.8 Å². The Morgan fingerprint density at radius 1 is 1.22 bits per heavy atom. The summed E-state index contributed by atoms with van der Waals surface area (Å²) in [5, 5.41) is 0.985. The van der Waals surface area contributed by atoms with E-state index in [1.807, 2.05) is 0 Å². The van der Waals surface area contributed by atoms with E-state index in [-0.39, 0.29) is 18.4 Å². The Labute approximate surface area is 162 Å². The maximum Gasteiger partial charge on any atom is 0.260 e. The fraction of sp³-hybridized carbons (Fsp3) is 0.579. The van der Waals surface area contributed by atoms with Crippen LogP contribution in [0.5, 0.6) is 5.88 Å². The molecule has 27 heavy (non-hydrogen) atoms. The zero-order valence-corrected chi connectivity index (χ0v) is 16.5. The van der Waals surface area contributed by atoms with Crippen molar-refractivity contribution in [3.05, 3.63) is 16.8 Å². The van der Waals surface area contributed by atoms with Crippen LogP contribution in [0, 0.1) is 5.92 Å². The number of nitrogens with zero attached hydrogens (tertiary/aromatic N) is 4. The molecular formula is C19H24N4O3S. The molecule has 0 radical (unpaired) electrons. The maximum atomic E-state index is 12.5. The van der Waals surface area contributed by atoms with Crippen LogP contribution >= 0.6 is 11.3 Å². The summed E-state index contributed by atoms with van der Waals surface area (Å²) in [4.78, 5) is 38.5. The van der Waals surface area contributed by atoms with Gasteiger partial charge in [-0.1, -0.05) is 6.92 Å². The summed E-state index contributed by atoms with van der Waals surface area (Å²) in [6, 6.07) is 0. The first kappa shape index (κ1) is 18.2. The second-order valence-corrected chi connectivity index (χ2v) is 8.47. The zero-order chi connectivity index (χ0) is 19.0. The van der Waals surface area contributed by atoms with Gasteiger partial charge in [-0.25, -0.2) is 9.97 Å². The Balaban J connectivity index is 1.45. The summed E-state index contributed by atoms with van der Waals surface area (Å²) in [5.41, 5.74) is 1.30. The third-order valence-electron chi connectivity index (χ3n) is 5.47. The highest BCUT2D eigenvalue weighted by molar-refractivity contribution is 7.18. The van der Waals surface area contributed by atoms with Crippen molar-refractivity contribution in [2.45, 2.75) is 33.1 Å². The van der Waals surface area contributed by atoms with Gasteiger partial charge < -0.3 is 14.5 Å². The minimum atomic E-state index is -0.0670. The second-order valence-electron chi connectivity index (χ2n) is 7.39. The van der Waals surface area contributed by atoms with Crippen LogP contribution in [0.3, 0.4) is 0 Å². The van der Waals surface area contributed by atoms with Crippen LogP contribution in [0.4, 0.5) is 0 Å². The minimum absolute atomic E-state index is 0.0345. The average Bonchev–Trinajstić information content (AvgIpc) is 3.04. The van der Waals surface area contributed by atoms with Crippen molar-refractivity contribution in [3.63, 3.8) is 0 Å². The molecule has 144 valence electrons. The number of carbonyl (C=O) groups excluding carboxylic acids is 2. The van der Waals surface area contributed by atoms with Gasteiger partial charge in [-0.15, -0.1) is 11.3 Å². The summed E-state index contributed by atoms with van der Waals surface area (Å²) in [6.45, 7) is 6.06. The molecule has 8 heteroatoms. The largest absolute Gasteiger partial charge is 0.467 e. The molecule has 3 heterocycles. The number of hydrogen-bond donors (Lipinski definition) is 0. The molecule has 1 fully saturated rings. The summed E-state index contributed by atoms with van der Waals surface area (Å²) in [5.74, 6) is 1.20. The summed E-state index contributed by atoms with van der Waals surface area (Å²) < 4.78 is 5.84. The van der Waals surface area contributed by atoms with Gasteiger partial charge >= 0.3 is 0 Å². The molecule has 2 aromatic rings. The zero-order valence-electron chi connectivity index (χ0n) is 15.7. The van der Waals surface area contributed by atoms with Gasteiger partial charge in [0.15, 0.2) is 6.61 Å². The fourth-order valence-corrected chi connectivity index (χ4v) is 5.19.